The molecule has 0 aliphatic carbocycles. The number of aromatic nitrogens is 1. The van der Waals surface area contributed by atoms with Gasteiger partial charge in [0.2, 0.25) is 10.0 Å². The second kappa shape index (κ2) is 5.45. The molecule has 2 rings (SSSR count). The van der Waals surface area contributed by atoms with Crippen molar-refractivity contribution in [3.8, 4) is 0 Å². The molecule has 0 unspecified atom stereocenters. The second-order valence-electron chi connectivity index (χ2n) is 3.81. The maximum atomic E-state index is 12.1. The molecule has 0 bridgehead atoms. The van der Waals surface area contributed by atoms with Crippen molar-refractivity contribution in [3.63, 3.8) is 0 Å². The van der Waals surface area contributed by atoms with Gasteiger partial charge in [-0.25, -0.2) is 13.1 Å². The van der Waals surface area contributed by atoms with E-state index >= 15 is 0 Å². The Morgan fingerprint density at radius 2 is 2.21 bits per heavy atom. The number of aryl methyl sites for hydroxylation is 1. The quantitative estimate of drug-likeness (QED) is 0.840. The lowest BCUT2D eigenvalue weighted by Crippen LogP contribution is -2.23. The highest BCUT2D eigenvalue weighted by atomic mass is 79.9. The summed E-state index contributed by atoms with van der Waals surface area (Å²) in [6.45, 7) is 1.89. The van der Waals surface area contributed by atoms with Crippen molar-refractivity contribution in [1.82, 2.24) is 9.88 Å². The van der Waals surface area contributed by atoms with Gasteiger partial charge >= 0.3 is 0 Å². The van der Waals surface area contributed by atoms with E-state index in [1.807, 2.05) is 0 Å². The summed E-state index contributed by atoms with van der Waals surface area (Å²) in [6.07, 6.45) is 0. The zero-order valence-electron chi connectivity index (χ0n) is 10.0. The number of nitrogens with two attached hydrogens (primary N) is 1. The van der Waals surface area contributed by atoms with Crippen molar-refractivity contribution in [2.75, 3.05) is 0 Å². The number of sulfonamides is 1. The van der Waals surface area contributed by atoms with Crippen LogP contribution in [-0.2, 0) is 23.1 Å². The number of halogens is 1. The third-order valence-corrected chi connectivity index (χ3v) is 4.58. The summed E-state index contributed by atoms with van der Waals surface area (Å²) >= 11 is 3.05. The fourth-order valence-corrected chi connectivity index (χ4v) is 3.42. The molecular weight excluding hydrogens is 338 g/mol. The van der Waals surface area contributed by atoms with Crippen LogP contribution in [0.2, 0.25) is 0 Å². The molecule has 9 heteroatoms. The first-order valence-corrected chi connectivity index (χ1v) is 7.60. The van der Waals surface area contributed by atoms with Crippen molar-refractivity contribution in [1.29, 1.82) is 0 Å². The first-order valence-electron chi connectivity index (χ1n) is 5.32. The fraction of sp³-hybridized carbons (Fsp3) is 0.300. The van der Waals surface area contributed by atoms with Gasteiger partial charge in [0, 0.05) is 12.1 Å². The second-order valence-corrected chi connectivity index (χ2v) is 6.26. The van der Waals surface area contributed by atoms with Crippen molar-refractivity contribution in [3.05, 3.63) is 34.0 Å². The van der Waals surface area contributed by atoms with Gasteiger partial charge in [-0.1, -0.05) is 5.16 Å². The van der Waals surface area contributed by atoms with Crippen LogP contribution in [0.4, 0.5) is 0 Å². The molecule has 0 radical (unpaired) electrons. The number of nitrogens with one attached hydrogen (secondary N) is 1. The van der Waals surface area contributed by atoms with E-state index < -0.39 is 10.0 Å². The molecule has 104 valence electrons. The maximum absolute atomic E-state index is 12.1. The Hall–Kier alpha value is -1.16. The Bertz CT molecular complexity index is 677. The summed E-state index contributed by atoms with van der Waals surface area (Å²) in [4.78, 5) is 0.00756. The standard InChI is InChI=1S/C10H12BrN3O4S/c1-6-2-7(14-18-6)5-13-19(15,16)9-3-8(4-12)17-10(9)11/h2-3,13H,4-5,12H2,1H3. The minimum Gasteiger partial charge on any atom is -0.452 e. The third kappa shape index (κ3) is 3.24. The van der Waals surface area contributed by atoms with Crippen LogP contribution < -0.4 is 10.5 Å². The molecule has 0 amide bonds. The number of rotatable bonds is 5. The van der Waals surface area contributed by atoms with Crippen molar-refractivity contribution in [2.24, 2.45) is 5.73 Å². The van der Waals surface area contributed by atoms with Crippen LogP contribution in [0, 0.1) is 6.92 Å². The van der Waals surface area contributed by atoms with Gasteiger partial charge in [-0.3, -0.25) is 0 Å². The average Bonchev–Trinajstić information content (AvgIpc) is 2.93. The molecule has 0 aromatic carbocycles. The SMILES string of the molecule is Cc1cc(CNS(=O)(=O)c2cc(CN)oc2Br)no1. The van der Waals surface area contributed by atoms with E-state index in [9.17, 15) is 8.42 Å². The number of furan rings is 1. The fourth-order valence-electron chi connectivity index (χ4n) is 1.43. The molecule has 7 nitrogen and oxygen atoms in total. The minimum atomic E-state index is -3.70. The molecule has 2 aromatic rings. The van der Waals surface area contributed by atoms with Gasteiger partial charge in [-0.05, 0) is 22.9 Å². The first kappa shape index (κ1) is 14.3. The predicted molar refractivity (Wildman–Crippen MR) is 69.6 cm³/mol. The van der Waals surface area contributed by atoms with E-state index in [4.69, 9.17) is 14.7 Å². The lowest BCUT2D eigenvalue weighted by molar-refractivity contribution is 0.390. The van der Waals surface area contributed by atoms with Crippen molar-refractivity contribution >= 4 is 26.0 Å². The van der Waals surface area contributed by atoms with Crippen molar-refractivity contribution in [2.45, 2.75) is 24.9 Å². The van der Waals surface area contributed by atoms with Gasteiger partial charge in [-0.15, -0.1) is 0 Å². The smallest absolute Gasteiger partial charge is 0.245 e. The molecule has 0 aliphatic heterocycles. The van der Waals surface area contributed by atoms with Crippen LogP contribution in [0.5, 0.6) is 0 Å². The summed E-state index contributed by atoms with van der Waals surface area (Å²) < 4.78 is 36.6. The van der Waals surface area contributed by atoms with Crippen LogP contribution in [0.1, 0.15) is 17.2 Å². The summed E-state index contributed by atoms with van der Waals surface area (Å²) in [5, 5.41) is 3.70. The monoisotopic (exact) mass is 349 g/mol. The zero-order chi connectivity index (χ0) is 14.0. The molecule has 2 aromatic heterocycles. The molecule has 19 heavy (non-hydrogen) atoms. The van der Waals surface area contributed by atoms with E-state index in [1.54, 1.807) is 13.0 Å². The molecule has 0 spiro atoms. The van der Waals surface area contributed by atoms with Gasteiger partial charge in [-0.2, -0.15) is 0 Å². The Labute approximate surface area is 118 Å². The van der Waals surface area contributed by atoms with Crippen LogP contribution in [0.15, 0.2) is 30.6 Å². The van der Waals surface area contributed by atoms with E-state index in [0.29, 0.717) is 17.2 Å². The Balaban J connectivity index is 2.15. The average molecular weight is 350 g/mol. The largest absolute Gasteiger partial charge is 0.452 e. The lowest BCUT2D eigenvalue weighted by Gasteiger charge is -2.02. The summed E-state index contributed by atoms with van der Waals surface area (Å²) in [6, 6.07) is 3.03. The van der Waals surface area contributed by atoms with Gasteiger partial charge in [0.05, 0.1) is 18.8 Å². The molecule has 0 saturated carbocycles. The lowest BCUT2D eigenvalue weighted by atomic mass is 10.4. The molecule has 0 saturated heterocycles. The highest BCUT2D eigenvalue weighted by molar-refractivity contribution is 9.10. The van der Waals surface area contributed by atoms with Crippen LogP contribution in [0.25, 0.3) is 0 Å². The number of hydrogen-bond donors (Lipinski definition) is 2. The number of nitrogens with zero attached hydrogens (tertiary/aromatic N) is 1. The number of hydrogen-bond acceptors (Lipinski definition) is 6. The zero-order valence-corrected chi connectivity index (χ0v) is 12.4. The Morgan fingerprint density at radius 1 is 1.47 bits per heavy atom. The highest BCUT2D eigenvalue weighted by Gasteiger charge is 2.22. The van der Waals surface area contributed by atoms with Crippen LogP contribution >= 0.6 is 15.9 Å². The van der Waals surface area contributed by atoms with Gasteiger partial charge < -0.3 is 14.7 Å². The normalized spacial score (nSPS) is 11.9. The molecule has 3 N–H and O–H groups in total. The maximum Gasteiger partial charge on any atom is 0.245 e. The molecule has 0 atom stereocenters. The van der Waals surface area contributed by atoms with E-state index in [2.05, 4.69) is 25.8 Å². The molecular formula is C10H12BrN3O4S. The van der Waals surface area contributed by atoms with E-state index in [1.165, 1.54) is 6.07 Å². The van der Waals surface area contributed by atoms with Gasteiger partial charge in [0.25, 0.3) is 0 Å². The molecule has 0 aliphatic rings. The highest BCUT2D eigenvalue weighted by Crippen LogP contribution is 2.25. The van der Waals surface area contributed by atoms with Crippen LogP contribution in [0.3, 0.4) is 0 Å². The topological polar surface area (TPSA) is 111 Å². The summed E-state index contributed by atoms with van der Waals surface area (Å²) in [7, 11) is -3.70. The summed E-state index contributed by atoms with van der Waals surface area (Å²) in [5.41, 5.74) is 5.89. The predicted octanol–water partition coefficient (Wildman–Crippen LogP) is 1.28. The van der Waals surface area contributed by atoms with E-state index in [-0.39, 0.29) is 22.7 Å². The van der Waals surface area contributed by atoms with Gasteiger partial charge in [0.15, 0.2) is 4.67 Å². The van der Waals surface area contributed by atoms with Crippen LogP contribution in [-0.4, -0.2) is 13.6 Å². The third-order valence-electron chi connectivity index (χ3n) is 2.32. The summed E-state index contributed by atoms with van der Waals surface area (Å²) in [5.74, 6) is 0.994. The minimum absolute atomic E-state index is 0.00756. The molecule has 2 heterocycles. The van der Waals surface area contributed by atoms with E-state index in [0.717, 1.165) is 0 Å². The first-order chi connectivity index (χ1) is 8.92. The molecule has 0 fully saturated rings. The Kier molecular flexibility index (Phi) is 4.09. The van der Waals surface area contributed by atoms with Gasteiger partial charge in [0.1, 0.15) is 16.4 Å². The van der Waals surface area contributed by atoms with Crippen molar-refractivity contribution < 1.29 is 17.4 Å². The Morgan fingerprint density at radius 3 is 2.74 bits per heavy atom.